The number of benzene rings is 1. The van der Waals surface area contributed by atoms with Crippen molar-refractivity contribution in [2.45, 2.75) is 44.6 Å². The van der Waals surface area contributed by atoms with E-state index in [9.17, 15) is 14.4 Å². The average molecular weight is 344 g/mol. The molecule has 3 rings (SSSR count). The van der Waals surface area contributed by atoms with Crippen molar-refractivity contribution in [1.82, 2.24) is 5.32 Å². The Morgan fingerprint density at radius 1 is 1.00 bits per heavy atom. The summed E-state index contributed by atoms with van der Waals surface area (Å²) < 4.78 is 0. The minimum Gasteiger partial charge on any atom is -0.481 e. The quantitative estimate of drug-likeness (QED) is 0.859. The maximum Gasteiger partial charge on any atom is 0.306 e. The Kier molecular flexibility index (Phi) is 5.06. The number of carboxylic acids is 1. The molecule has 0 aliphatic heterocycles. The number of nitrogens with zero attached hydrogens (tertiary/aromatic N) is 1. The molecule has 2 saturated carbocycles. The fraction of sp³-hybridized carbons (Fsp3) is 0.526. The molecule has 2 aliphatic carbocycles. The van der Waals surface area contributed by atoms with E-state index >= 15 is 0 Å². The number of amides is 2. The fourth-order valence-electron chi connectivity index (χ4n) is 3.43. The fourth-order valence-corrected chi connectivity index (χ4v) is 3.43. The monoisotopic (exact) mass is 344 g/mol. The molecule has 2 fully saturated rings. The number of aliphatic carboxylic acids is 1. The van der Waals surface area contributed by atoms with Crippen LogP contribution in [0.1, 0.15) is 48.9 Å². The lowest BCUT2D eigenvalue weighted by atomic mass is 9.86. The maximum atomic E-state index is 12.7. The van der Waals surface area contributed by atoms with Gasteiger partial charge in [-0.3, -0.25) is 14.4 Å². The summed E-state index contributed by atoms with van der Waals surface area (Å²) in [7, 11) is 1.71. The number of anilines is 1. The summed E-state index contributed by atoms with van der Waals surface area (Å²) in [5.74, 6) is -1.11. The van der Waals surface area contributed by atoms with Gasteiger partial charge >= 0.3 is 5.97 Å². The summed E-state index contributed by atoms with van der Waals surface area (Å²) in [6, 6.07) is 7.11. The van der Waals surface area contributed by atoms with Crippen LogP contribution in [-0.4, -0.2) is 36.0 Å². The molecular formula is C19H24N2O4. The smallest absolute Gasteiger partial charge is 0.306 e. The van der Waals surface area contributed by atoms with Gasteiger partial charge in [-0.05, 0) is 50.7 Å². The number of carbonyl (C=O) groups excluding carboxylic acids is 2. The van der Waals surface area contributed by atoms with Crippen LogP contribution in [0.4, 0.5) is 5.69 Å². The molecule has 0 aromatic heterocycles. The van der Waals surface area contributed by atoms with Crippen molar-refractivity contribution in [1.29, 1.82) is 0 Å². The second kappa shape index (κ2) is 7.25. The van der Waals surface area contributed by atoms with Gasteiger partial charge in [-0.25, -0.2) is 0 Å². The van der Waals surface area contributed by atoms with Crippen LogP contribution >= 0.6 is 0 Å². The van der Waals surface area contributed by atoms with Gasteiger partial charge in [0.1, 0.15) is 0 Å². The van der Waals surface area contributed by atoms with Gasteiger partial charge in [0.05, 0.1) is 17.2 Å². The van der Waals surface area contributed by atoms with Gasteiger partial charge in [0.15, 0.2) is 0 Å². The first kappa shape index (κ1) is 17.5. The minimum absolute atomic E-state index is 0.0133. The maximum absolute atomic E-state index is 12.7. The summed E-state index contributed by atoms with van der Waals surface area (Å²) >= 11 is 0. The molecule has 0 radical (unpaired) electrons. The van der Waals surface area contributed by atoms with Crippen LogP contribution in [0.3, 0.4) is 0 Å². The van der Waals surface area contributed by atoms with Crippen molar-refractivity contribution in [3.8, 4) is 0 Å². The molecule has 0 atom stereocenters. The third-order valence-corrected chi connectivity index (χ3v) is 5.18. The van der Waals surface area contributed by atoms with Crippen molar-refractivity contribution >= 4 is 23.5 Å². The Morgan fingerprint density at radius 3 is 2.20 bits per heavy atom. The summed E-state index contributed by atoms with van der Waals surface area (Å²) in [6.45, 7) is 0. The average Bonchev–Trinajstić information content (AvgIpc) is 3.46. The zero-order valence-corrected chi connectivity index (χ0v) is 14.4. The number of nitrogens with one attached hydrogen (secondary N) is 1. The molecule has 0 bridgehead atoms. The van der Waals surface area contributed by atoms with Crippen molar-refractivity contribution in [3.63, 3.8) is 0 Å². The van der Waals surface area contributed by atoms with Gasteiger partial charge in [0, 0.05) is 19.0 Å². The molecule has 6 nitrogen and oxygen atoms in total. The van der Waals surface area contributed by atoms with Crippen LogP contribution in [0.5, 0.6) is 0 Å². The highest BCUT2D eigenvalue weighted by molar-refractivity contribution is 6.05. The van der Waals surface area contributed by atoms with E-state index in [0.717, 1.165) is 12.8 Å². The number of para-hydroxylation sites is 1. The number of carboxylic acid groups (broad SMARTS) is 1. The molecule has 1 aromatic rings. The Morgan fingerprint density at radius 2 is 1.60 bits per heavy atom. The molecule has 25 heavy (non-hydrogen) atoms. The Balaban J connectivity index is 1.66. The van der Waals surface area contributed by atoms with Crippen LogP contribution in [0.25, 0.3) is 0 Å². The van der Waals surface area contributed by atoms with E-state index in [1.807, 2.05) is 6.07 Å². The van der Waals surface area contributed by atoms with Crippen LogP contribution in [-0.2, 0) is 9.59 Å². The van der Waals surface area contributed by atoms with Crippen molar-refractivity contribution < 1.29 is 19.5 Å². The molecule has 2 N–H and O–H groups in total. The third-order valence-electron chi connectivity index (χ3n) is 5.18. The molecule has 2 amide bonds. The van der Waals surface area contributed by atoms with Gasteiger partial charge in [0.2, 0.25) is 5.91 Å². The summed E-state index contributed by atoms with van der Waals surface area (Å²) in [4.78, 5) is 37.6. The second-order valence-corrected chi connectivity index (χ2v) is 7.05. The topological polar surface area (TPSA) is 86.7 Å². The number of carbonyl (C=O) groups is 3. The van der Waals surface area contributed by atoms with E-state index in [2.05, 4.69) is 5.32 Å². The van der Waals surface area contributed by atoms with E-state index in [4.69, 9.17) is 5.11 Å². The first-order chi connectivity index (χ1) is 12.0. The zero-order valence-electron chi connectivity index (χ0n) is 14.4. The number of hydrogen-bond donors (Lipinski definition) is 2. The third kappa shape index (κ3) is 4.00. The summed E-state index contributed by atoms with van der Waals surface area (Å²) in [6.07, 6.45) is 4.35. The molecule has 6 heteroatoms. The van der Waals surface area contributed by atoms with E-state index in [0.29, 0.717) is 36.9 Å². The van der Waals surface area contributed by atoms with Crippen LogP contribution < -0.4 is 10.2 Å². The van der Waals surface area contributed by atoms with Crippen LogP contribution in [0, 0.1) is 11.8 Å². The number of hydrogen-bond acceptors (Lipinski definition) is 3. The minimum atomic E-state index is -0.754. The molecule has 2 aliphatic rings. The number of rotatable bonds is 5. The highest BCUT2D eigenvalue weighted by Crippen LogP contribution is 2.33. The van der Waals surface area contributed by atoms with Crippen LogP contribution in [0.2, 0.25) is 0 Å². The zero-order chi connectivity index (χ0) is 18.0. The van der Waals surface area contributed by atoms with Gasteiger partial charge in [-0.2, -0.15) is 0 Å². The Hall–Kier alpha value is -2.37. The lowest BCUT2D eigenvalue weighted by Gasteiger charge is -2.27. The Bertz CT molecular complexity index is 676. The normalized spacial score (nSPS) is 22.9. The van der Waals surface area contributed by atoms with Crippen molar-refractivity contribution in [2.24, 2.45) is 11.8 Å². The second-order valence-electron chi connectivity index (χ2n) is 7.05. The van der Waals surface area contributed by atoms with Gasteiger partial charge in [-0.15, -0.1) is 0 Å². The SMILES string of the molecule is CN(C(=O)C1CC1)c1ccccc1C(=O)NC1CCC(C(=O)O)CC1. The molecule has 1 aromatic carbocycles. The lowest BCUT2D eigenvalue weighted by molar-refractivity contribution is -0.142. The highest BCUT2D eigenvalue weighted by Gasteiger charge is 2.34. The van der Waals surface area contributed by atoms with Gasteiger partial charge in [-0.1, -0.05) is 12.1 Å². The lowest BCUT2D eigenvalue weighted by Crippen LogP contribution is -2.39. The van der Waals surface area contributed by atoms with E-state index < -0.39 is 5.97 Å². The van der Waals surface area contributed by atoms with Crippen LogP contribution in [0.15, 0.2) is 24.3 Å². The predicted molar refractivity (Wildman–Crippen MR) is 93.4 cm³/mol. The van der Waals surface area contributed by atoms with Crippen molar-refractivity contribution in [2.75, 3.05) is 11.9 Å². The molecule has 0 spiro atoms. The van der Waals surface area contributed by atoms with Gasteiger partial charge < -0.3 is 15.3 Å². The van der Waals surface area contributed by atoms with Gasteiger partial charge in [0.25, 0.3) is 5.91 Å². The highest BCUT2D eigenvalue weighted by atomic mass is 16.4. The summed E-state index contributed by atoms with van der Waals surface area (Å²) in [5, 5.41) is 12.1. The molecule has 0 saturated heterocycles. The van der Waals surface area contributed by atoms with E-state index in [-0.39, 0.29) is 29.7 Å². The van der Waals surface area contributed by atoms with E-state index in [1.165, 1.54) is 0 Å². The first-order valence-electron chi connectivity index (χ1n) is 8.87. The largest absolute Gasteiger partial charge is 0.481 e. The first-order valence-corrected chi connectivity index (χ1v) is 8.87. The standard InChI is InChI=1S/C19H24N2O4/c1-21(18(23)12-6-7-12)16-5-3-2-4-15(16)17(22)20-14-10-8-13(9-11-14)19(24)25/h2-5,12-14H,6-11H2,1H3,(H,20,22)(H,24,25). The Labute approximate surface area is 147 Å². The molecular weight excluding hydrogens is 320 g/mol. The van der Waals surface area contributed by atoms with E-state index in [1.54, 1.807) is 30.1 Å². The summed E-state index contributed by atoms with van der Waals surface area (Å²) in [5.41, 5.74) is 1.11. The molecule has 0 heterocycles. The molecule has 134 valence electrons. The van der Waals surface area contributed by atoms with Crippen molar-refractivity contribution in [3.05, 3.63) is 29.8 Å². The predicted octanol–water partition coefficient (Wildman–Crippen LogP) is 2.43. The molecule has 0 unspecified atom stereocenters.